The Kier molecular flexibility index (Phi) is 3.93. The van der Waals surface area contributed by atoms with Crippen LogP contribution in [0, 0.1) is 5.41 Å². The van der Waals surface area contributed by atoms with Gasteiger partial charge in [0.05, 0.1) is 0 Å². The van der Waals surface area contributed by atoms with Crippen molar-refractivity contribution in [1.29, 1.82) is 0 Å². The number of rotatable bonds is 1. The average Bonchev–Trinajstić information content (AvgIpc) is 2.38. The van der Waals surface area contributed by atoms with E-state index in [2.05, 4.69) is 39.0 Å². The Morgan fingerprint density at radius 3 is 2.15 bits per heavy atom. The van der Waals surface area contributed by atoms with Gasteiger partial charge in [-0.2, -0.15) is 0 Å². The van der Waals surface area contributed by atoms with Crippen molar-refractivity contribution in [2.75, 3.05) is 7.05 Å². The van der Waals surface area contributed by atoms with E-state index in [0.717, 1.165) is 16.7 Å². The van der Waals surface area contributed by atoms with E-state index in [4.69, 9.17) is 0 Å². The van der Waals surface area contributed by atoms with Crippen LogP contribution in [-0.2, 0) is 4.79 Å². The number of carbonyl (C=O) groups excluding carboxylic acids is 1. The van der Waals surface area contributed by atoms with Crippen molar-refractivity contribution in [3.8, 4) is 0 Å². The lowest BCUT2D eigenvalue weighted by atomic mass is 9.80. The first-order chi connectivity index (χ1) is 9.36. The first kappa shape index (κ1) is 14.3. The van der Waals surface area contributed by atoms with Gasteiger partial charge in [0.15, 0.2) is 5.78 Å². The Hall–Kier alpha value is -2.09. The minimum atomic E-state index is -0.124. The molecule has 1 aliphatic carbocycles. The number of hydrogen-bond donors (Lipinski definition) is 0. The molecule has 104 valence electrons. The summed E-state index contributed by atoms with van der Waals surface area (Å²) in [4.78, 5) is 13.9. The van der Waals surface area contributed by atoms with Crippen molar-refractivity contribution >= 4 is 5.78 Å². The van der Waals surface area contributed by atoms with Gasteiger partial charge in [-0.3, -0.25) is 4.79 Å². The second-order valence-electron chi connectivity index (χ2n) is 6.14. The monoisotopic (exact) mass is 267 g/mol. The van der Waals surface area contributed by atoms with Gasteiger partial charge in [-0.05, 0) is 40.9 Å². The Labute approximate surface area is 121 Å². The molecule has 0 N–H and O–H groups in total. The fraction of sp³-hybridized carbons (Fsp3) is 0.278. The summed E-state index contributed by atoms with van der Waals surface area (Å²) in [5, 5.41) is 0. The van der Waals surface area contributed by atoms with Crippen LogP contribution in [0.1, 0.15) is 20.8 Å². The lowest BCUT2D eigenvalue weighted by molar-refractivity contribution is -0.112. The van der Waals surface area contributed by atoms with Crippen LogP contribution in [0.3, 0.4) is 0 Å². The molecule has 0 fully saturated rings. The molecule has 0 saturated heterocycles. The predicted octanol–water partition coefficient (Wildman–Crippen LogP) is 3.92. The minimum Gasteiger partial charge on any atom is -0.357 e. The average molecular weight is 267 g/mol. The van der Waals surface area contributed by atoms with Crippen molar-refractivity contribution in [2.24, 2.45) is 5.41 Å². The van der Waals surface area contributed by atoms with Crippen LogP contribution in [0.5, 0.6) is 0 Å². The van der Waals surface area contributed by atoms with E-state index in [1.807, 2.05) is 42.6 Å². The summed E-state index contributed by atoms with van der Waals surface area (Å²) < 4.78 is 0. The largest absolute Gasteiger partial charge is 0.357 e. The summed E-state index contributed by atoms with van der Waals surface area (Å²) >= 11 is 0. The van der Waals surface area contributed by atoms with Crippen molar-refractivity contribution < 1.29 is 4.79 Å². The lowest BCUT2D eigenvalue weighted by Gasteiger charge is -2.23. The molecule has 2 rings (SSSR count). The van der Waals surface area contributed by atoms with E-state index < -0.39 is 0 Å². The Morgan fingerprint density at radius 2 is 1.55 bits per heavy atom. The topological polar surface area (TPSA) is 20.3 Å². The normalized spacial score (nSPS) is 20.7. The highest BCUT2D eigenvalue weighted by atomic mass is 16.1. The molecule has 0 radical (unpaired) electrons. The quantitative estimate of drug-likeness (QED) is 0.717. The van der Waals surface area contributed by atoms with E-state index >= 15 is 0 Å². The maximum absolute atomic E-state index is 11.9. The highest BCUT2D eigenvalue weighted by Crippen LogP contribution is 2.30. The highest BCUT2D eigenvalue weighted by Gasteiger charge is 2.23. The molecule has 0 saturated carbocycles. The zero-order valence-electron chi connectivity index (χ0n) is 12.6. The molecule has 20 heavy (non-hydrogen) atoms. The van der Waals surface area contributed by atoms with Gasteiger partial charge in [0.2, 0.25) is 0 Å². The van der Waals surface area contributed by atoms with E-state index in [1.54, 1.807) is 6.08 Å². The molecule has 0 aromatic heterocycles. The summed E-state index contributed by atoms with van der Waals surface area (Å²) in [6.07, 6.45) is 17.8. The van der Waals surface area contributed by atoms with Crippen molar-refractivity contribution in [1.82, 2.24) is 4.90 Å². The summed E-state index contributed by atoms with van der Waals surface area (Å²) in [7, 11) is 2.00. The number of hydrogen-bond acceptors (Lipinski definition) is 2. The van der Waals surface area contributed by atoms with Crippen LogP contribution < -0.4 is 0 Å². The third-order valence-electron chi connectivity index (χ3n) is 3.28. The third kappa shape index (κ3) is 3.47. The fourth-order valence-electron chi connectivity index (χ4n) is 2.05. The lowest BCUT2D eigenvalue weighted by Crippen LogP contribution is -2.18. The number of nitrogens with zero attached hydrogens (tertiary/aromatic N) is 1. The molecule has 0 amide bonds. The van der Waals surface area contributed by atoms with E-state index in [1.165, 1.54) is 0 Å². The van der Waals surface area contributed by atoms with Crippen molar-refractivity contribution in [3.63, 3.8) is 0 Å². The van der Waals surface area contributed by atoms with Gasteiger partial charge < -0.3 is 4.90 Å². The molecule has 2 aliphatic rings. The molecule has 1 heterocycles. The smallest absolute Gasteiger partial charge is 0.182 e. The molecule has 1 aliphatic heterocycles. The number of carbonyl (C=O) groups is 1. The highest BCUT2D eigenvalue weighted by molar-refractivity contribution is 6.06. The van der Waals surface area contributed by atoms with Crippen LogP contribution in [0.2, 0.25) is 0 Å². The van der Waals surface area contributed by atoms with Crippen LogP contribution in [0.4, 0.5) is 0 Å². The third-order valence-corrected chi connectivity index (χ3v) is 3.28. The molecule has 0 atom stereocenters. The van der Waals surface area contributed by atoms with Gasteiger partial charge in [-0.25, -0.2) is 0 Å². The number of ketones is 1. The minimum absolute atomic E-state index is 0.112. The van der Waals surface area contributed by atoms with E-state index in [0.29, 0.717) is 0 Å². The maximum atomic E-state index is 11.9. The molecule has 2 nitrogen and oxygen atoms in total. The van der Waals surface area contributed by atoms with E-state index in [-0.39, 0.29) is 11.2 Å². The molecule has 0 spiro atoms. The van der Waals surface area contributed by atoms with Gasteiger partial charge in [-0.15, -0.1) is 0 Å². The molecule has 0 bridgehead atoms. The molecule has 0 aromatic carbocycles. The SMILES string of the molecule is CN1C=CC(=CC=C2C=CC(=O)C(C(C)(C)C)=C2)C=C1. The van der Waals surface area contributed by atoms with Gasteiger partial charge in [0.1, 0.15) is 0 Å². The second-order valence-corrected chi connectivity index (χ2v) is 6.14. The Balaban J connectivity index is 2.24. The fourth-order valence-corrected chi connectivity index (χ4v) is 2.05. The zero-order chi connectivity index (χ0) is 14.8. The first-order valence-corrected chi connectivity index (χ1v) is 6.81. The Morgan fingerprint density at radius 1 is 0.950 bits per heavy atom. The van der Waals surface area contributed by atoms with Gasteiger partial charge >= 0.3 is 0 Å². The summed E-state index contributed by atoms with van der Waals surface area (Å²) in [6, 6.07) is 0. The standard InChI is InChI=1S/C18H21NO/c1-18(2,3)16-13-15(7-8-17(16)20)6-5-14-9-11-19(4)12-10-14/h5-13H,1-4H3. The maximum Gasteiger partial charge on any atom is 0.182 e. The van der Waals surface area contributed by atoms with Gasteiger partial charge in [-0.1, -0.05) is 39.0 Å². The van der Waals surface area contributed by atoms with Crippen molar-refractivity contribution in [2.45, 2.75) is 20.8 Å². The molecular weight excluding hydrogens is 246 g/mol. The predicted molar refractivity (Wildman–Crippen MR) is 83.9 cm³/mol. The van der Waals surface area contributed by atoms with Gasteiger partial charge in [0.25, 0.3) is 0 Å². The van der Waals surface area contributed by atoms with Gasteiger partial charge in [0, 0.05) is 25.0 Å². The summed E-state index contributed by atoms with van der Waals surface area (Å²) in [6.45, 7) is 6.19. The number of allylic oxidation sites excluding steroid dienone is 10. The van der Waals surface area contributed by atoms with Crippen LogP contribution in [0.25, 0.3) is 0 Å². The molecule has 0 aromatic rings. The molecular formula is C18H21NO. The van der Waals surface area contributed by atoms with Crippen molar-refractivity contribution in [3.05, 3.63) is 71.7 Å². The second kappa shape index (κ2) is 5.49. The van der Waals surface area contributed by atoms with Crippen LogP contribution >= 0.6 is 0 Å². The molecule has 0 unspecified atom stereocenters. The van der Waals surface area contributed by atoms with Crippen LogP contribution in [-0.4, -0.2) is 17.7 Å². The van der Waals surface area contributed by atoms with E-state index in [9.17, 15) is 4.79 Å². The van der Waals surface area contributed by atoms with Crippen LogP contribution in [0.15, 0.2) is 71.7 Å². The summed E-state index contributed by atoms with van der Waals surface area (Å²) in [5.74, 6) is 0.112. The Bertz CT molecular complexity index is 573. The zero-order valence-corrected chi connectivity index (χ0v) is 12.6. The first-order valence-electron chi connectivity index (χ1n) is 6.81. The molecule has 2 heteroatoms. The summed E-state index contributed by atoms with van der Waals surface area (Å²) in [5.41, 5.74) is 2.94.